The minimum atomic E-state index is -0.201. The van der Waals surface area contributed by atoms with Gasteiger partial charge in [0.25, 0.3) is 0 Å². The van der Waals surface area contributed by atoms with Gasteiger partial charge in [-0.15, -0.1) is 0 Å². The SMILES string of the molecule is CN(C)c1cc(F)ccc1[C@H]1CO1. The van der Waals surface area contributed by atoms with E-state index in [-0.39, 0.29) is 11.9 Å². The van der Waals surface area contributed by atoms with E-state index in [1.165, 1.54) is 12.1 Å². The Hall–Kier alpha value is -1.09. The summed E-state index contributed by atoms with van der Waals surface area (Å²) in [5, 5.41) is 0. The van der Waals surface area contributed by atoms with E-state index < -0.39 is 0 Å². The number of epoxide rings is 1. The number of ether oxygens (including phenoxy) is 1. The molecule has 0 bridgehead atoms. The number of nitrogens with zero attached hydrogens (tertiary/aromatic N) is 1. The maximum atomic E-state index is 12.9. The molecule has 0 spiro atoms. The average Bonchev–Trinajstić information content (AvgIpc) is 2.87. The lowest BCUT2D eigenvalue weighted by Gasteiger charge is -2.16. The smallest absolute Gasteiger partial charge is 0.125 e. The first-order valence-electron chi connectivity index (χ1n) is 4.27. The van der Waals surface area contributed by atoms with Crippen LogP contribution in [-0.2, 0) is 4.74 Å². The summed E-state index contributed by atoms with van der Waals surface area (Å²) in [6, 6.07) is 4.81. The van der Waals surface area contributed by atoms with Gasteiger partial charge in [0.2, 0.25) is 0 Å². The van der Waals surface area contributed by atoms with Gasteiger partial charge in [-0.3, -0.25) is 0 Å². The fourth-order valence-corrected chi connectivity index (χ4v) is 1.40. The lowest BCUT2D eigenvalue weighted by atomic mass is 10.1. The standard InChI is InChI=1S/C10H12FNO/c1-12(2)9-5-7(11)3-4-8(9)10-6-13-10/h3-5,10H,6H2,1-2H3/t10-/m1/s1. The van der Waals surface area contributed by atoms with E-state index in [1.807, 2.05) is 19.0 Å². The van der Waals surface area contributed by atoms with Crippen LogP contribution in [0.3, 0.4) is 0 Å². The highest BCUT2D eigenvalue weighted by Crippen LogP contribution is 2.36. The molecule has 3 heteroatoms. The Kier molecular flexibility index (Phi) is 1.96. The van der Waals surface area contributed by atoms with Crippen molar-refractivity contribution in [1.29, 1.82) is 0 Å². The summed E-state index contributed by atoms with van der Waals surface area (Å²) >= 11 is 0. The summed E-state index contributed by atoms with van der Waals surface area (Å²) in [5.74, 6) is -0.201. The summed E-state index contributed by atoms with van der Waals surface area (Å²) in [4.78, 5) is 1.90. The first kappa shape index (κ1) is 8.51. The largest absolute Gasteiger partial charge is 0.377 e. The van der Waals surface area contributed by atoms with Gasteiger partial charge in [0.05, 0.1) is 6.61 Å². The monoisotopic (exact) mass is 181 g/mol. The quantitative estimate of drug-likeness (QED) is 0.648. The summed E-state index contributed by atoms with van der Waals surface area (Å²) < 4.78 is 18.1. The Balaban J connectivity index is 2.41. The summed E-state index contributed by atoms with van der Waals surface area (Å²) in [6.07, 6.45) is 0.179. The molecule has 13 heavy (non-hydrogen) atoms. The number of anilines is 1. The van der Waals surface area contributed by atoms with Crippen molar-refractivity contribution in [1.82, 2.24) is 0 Å². The van der Waals surface area contributed by atoms with Gasteiger partial charge in [-0.1, -0.05) is 6.07 Å². The maximum Gasteiger partial charge on any atom is 0.125 e. The third-order valence-electron chi connectivity index (χ3n) is 2.15. The molecule has 0 N–H and O–H groups in total. The van der Waals surface area contributed by atoms with E-state index in [4.69, 9.17) is 4.74 Å². The van der Waals surface area contributed by atoms with Crippen LogP contribution in [0.5, 0.6) is 0 Å². The second kappa shape index (κ2) is 3.00. The van der Waals surface area contributed by atoms with Gasteiger partial charge in [-0.2, -0.15) is 0 Å². The normalized spacial score (nSPS) is 20.1. The van der Waals surface area contributed by atoms with Crippen LogP contribution in [0.1, 0.15) is 11.7 Å². The number of hydrogen-bond donors (Lipinski definition) is 0. The first-order valence-corrected chi connectivity index (χ1v) is 4.27. The van der Waals surface area contributed by atoms with E-state index in [9.17, 15) is 4.39 Å². The van der Waals surface area contributed by atoms with Crippen LogP contribution in [0.15, 0.2) is 18.2 Å². The van der Waals surface area contributed by atoms with Gasteiger partial charge in [0.15, 0.2) is 0 Å². The molecule has 1 aliphatic heterocycles. The van der Waals surface area contributed by atoms with Gasteiger partial charge in [0, 0.05) is 25.3 Å². The zero-order valence-corrected chi connectivity index (χ0v) is 7.75. The number of hydrogen-bond acceptors (Lipinski definition) is 2. The third-order valence-corrected chi connectivity index (χ3v) is 2.15. The molecule has 1 heterocycles. The zero-order valence-electron chi connectivity index (χ0n) is 7.75. The van der Waals surface area contributed by atoms with Crippen molar-refractivity contribution >= 4 is 5.69 Å². The van der Waals surface area contributed by atoms with Gasteiger partial charge < -0.3 is 9.64 Å². The highest BCUT2D eigenvalue weighted by atomic mass is 19.1. The van der Waals surface area contributed by atoms with E-state index in [0.717, 1.165) is 17.9 Å². The Morgan fingerprint density at radius 1 is 1.46 bits per heavy atom. The molecule has 1 saturated heterocycles. The molecule has 2 rings (SSSR count). The highest BCUT2D eigenvalue weighted by Gasteiger charge is 2.27. The second-order valence-corrected chi connectivity index (χ2v) is 3.42. The topological polar surface area (TPSA) is 15.8 Å². The van der Waals surface area contributed by atoms with Crippen molar-refractivity contribution in [2.45, 2.75) is 6.10 Å². The highest BCUT2D eigenvalue weighted by molar-refractivity contribution is 5.54. The Labute approximate surface area is 76.9 Å². The Morgan fingerprint density at radius 3 is 2.69 bits per heavy atom. The molecule has 70 valence electrons. The van der Waals surface area contributed by atoms with Crippen LogP contribution in [-0.4, -0.2) is 20.7 Å². The molecule has 1 aromatic carbocycles. The number of rotatable bonds is 2. The predicted octanol–water partition coefficient (Wildman–Crippen LogP) is 1.96. The van der Waals surface area contributed by atoms with Gasteiger partial charge in [-0.25, -0.2) is 4.39 Å². The molecule has 1 fully saturated rings. The number of benzene rings is 1. The Morgan fingerprint density at radius 2 is 2.15 bits per heavy atom. The van der Waals surface area contributed by atoms with Gasteiger partial charge >= 0.3 is 0 Å². The molecule has 1 aliphatic rings. The van der Waals surface area contributed by atoms with Crippen molar-refractivity contribution in [3.8, 4) is 0 Å². The van der Waals surface area contributed by atoms with E-state index in [1.54, 1.807) is 6.07 Å². The van der Waals surface area contributed by atoms with Crippen LogP contribution in [0.4, 0.5) is 10.1 Å². The molecule has 0 unspecified atom stereocenters. The predicted molar refractivity (Wildman–Crippen MR) is 49.4 cm³/mol. The molecular weight excluding hydrogens is 169 g/mol. The van der Waals surface area contributed by atoms with Crippen LogP contribution < -0.4 is 4.90 Å². The lowest BCUT2D eigenvalue weighted by Crippen LogP contribution is -2.11. The van der Waals surface area contributed by atoms with E-state index >= 15 is 0 Å². The van der Waals surface area contributed by atoms with Crippen molar-refractivity contribution in [2.75, 3.05) is 25.6 Å². The molecule has 0 amide bonds. The average molecular weight is 181 g/mol. The number of halogens is 1. The molecule has 1 aromatic rings. The van der Waals surface area contributed by atoms with Crippen LogP contribution in [0.25, 0.3) is 0 Å². The van der Waals surface area contributed by atoms with E-state index in [2.05, 4.69) is 0 Å². The third kappa shape index (κ3) is 1.65. The van der Waals surface area contributed by atoms with Crippen LogP contribution >= 0.6 is 0 Å². The molecule has 0 aliphatic carbocycles. The molecular formula is C10H12FNO. The minimum Gasteiger partial charge on any atom is -0.377 e. The second-order valence-electron chi connectivity index (χ2n) is 3.42. The van der Waals surface area contributed by atoms with Crippen molar-refractivity contribution in [3.05, 3.63) is 29.6 Å². The summed E-state index contributed by atoms with van der Waals surface area (Å²) in [7, 11) is 3.81. The summed E-state index contributed by atoms with van der Waals surface area (Å²) in [5.41, 5.74) is 1.98. The molecule has 2 nitrogen and oxygen atoms in total. The van der Waals surface area contributed by atoms with Crippen molar-refractivity contribution in [2.24, 2.45) is 0 Å². The van der Waals surface area contributed by atoms with Gasteiger partial charge in [-0.05, 0) is 12.1 Å². The molecule has 0 radical (unpaired) electrons. The lowest BCUT2D eigenvalue weighted by molar-refractivity contribution is 0.415. The fraction of sp³-hybridized carbons (Fsp3) is 0.400. The van der Waals surface area contributed by atoms with Crippen LogP contribution in [0, 0.1) is 5.82 Å². The minimum absolute atomic E-state index is 0.179. The molecule has 0 aromatic heterocycles. The molecule has 1 atom stereocenters. The fourth-order valence-electron chi connectivity index (χ4n) is 1.40. The zero-order chi connectivity index (χ0) is 9.42. The van der Waals surface area contributed by atoms with Gasteiger partial charge in [0.1, 0.15) is 11.9 Å². The van der Waals surface area contributed by atoms with Crippen molar-refractivity contribution < 1.29 is 9.13 Å². The van der Waals surface area contributed by atoms with Crippen LogP contribution in [0.2, 0.25) is 0 Å². The van der Waals surface area contributed by atoms with Crippen molar-refractivity contribution in [3.63, 3.8) is 0 Å². The molecule has 0 saturated carbocycles. The first-order chi connectivity index (χ1) is 6.18. The Bertz CT molecular complexity index is 321. The summed E-state index contributed by atoms with van der Waals surface area (Å²) in [6.45, 7) is 0.756. The van der Waals surface area contributed by atoms with E-state index in [0.29, 0.717) is 0 Å². The maximum absolute atomic E-state index is 12.9.